The summed E-state index contributed by atoms with van der Waals surface area (Å²) < 4.78 is 13.2. The van der Waals surface area contributed by atoms with Crippen LogP contribution < -0.4 is 5.73 Å². The summed E-state index contributed by atoms with van der Waals surface area (Å²) in [5.41, 5.74) is 7.69. The van der Waals surface area contributed by atoms with Gasteiger partial charge in [0.2, 0.25) is 0 Å². The number of nitrogens with zero attached hydrogens (tertiary/aromatic N) is 1. The molecule has 1 aromatic carbocycles. The number of ketones is 1. The van der Waals surface area contributed by atoms with Crippen LogP contribution in [0.4, 0.5) is 4.39 Å². The number of benzene rings is 1. The molecule has 2 rings (SSSR count). The quantitative estimate of drug-likeness (QED) is 0.842. The molecule has 0 bridgehead atoms. The van der Waals surface area contributed by atoms with Gasteiger partial charge in [0.1, 0.15) is 5.82 Å². The van der Waals surface area contributed by atoms with Gasteiger partial charge in [0.25, 0.3) is 0 Å². The van der Waals surface area contributed by atoms with Crippen molar-refractivity contribution in [1.29, 1.82) is 0 Å². The minimum Gasteiger partial charge on any atom is -0.325 e. The number of pyridine rings is 1. The summed E-state index contributed by atoms with van der Waals surface area (Å²) in [5, 5.41) is 0. The van der Waals surface area contributed by atoms with Crippen LogP contribution in [-0.4, -0.2) is 10.8 Å². The first-order valence-electron chi connectivity index (χ1n) is 5.57. The van der Waals surface area contributed by atoms with Gasteiger partial charge in [0, 0.05) is 23.9 Å². The molecular formula is C14H13FN2O. The molecule has 3 nitrogen and oxygen atoms in total. The maximum atomic E-state index is 13.2. The van der Waals surface area contributed by atoms with Gasteiger partial charge in [0.15, 0.2) is 5.78 Å². The maximum Gasteiger partial charge on any atom is 0.193 e. The molecule has 0 saturated heterocycles. The van der Waals surface area contributed by atoms with Crippen LogP contribution in [0.2, 0.25) is 0 Å². The summed E-state index contributed by atoms with van der Waals surface area (Å²) in [6.07, 6.45) is 1.53. The van der Waals surface area contributed by atoms with E-state index in [4.69, 9.17) is 5.73 Å². The normalized spacial score (nSPS) is 10.4. The van der Waals surface area contributed by atoms with Crippen LogP contribution in [0.1, 0.15) is 27.2 Å². The zero-order chi connectivity index (χ0) is 13.1. The van der Waals surface area contributed by atoms with Gasteiger partial charge in [0.05, 0.1) is 5.69 Å². The smallest absolute Gasteiger partial charge is 0.193 e. The van der Waals surface area contributed by atoms with E-state index in [1.165, 1.54) is 18.3 Å². The molecular weight excluding hydrogens is 231 g/mol. The molecule has 0 unspecified atom stereocenters. The van der Waals surface area contributed by atoms with Gasteiger partial charge in [-0.15, -0.1) is 0 Å². The molecule has 2 N–H and O–H groups in total. The Hall–Kier alpha value is -2.07. The number of hydrogen-bond acceptors (Lipinski definition) is 3. The van der Waals surface area contributed by atoms with Gasteiger partial charge in [-0.3, -0.25) is 9.78 Å². The first-order chi connectivity index (χ1) is 8.61. The van der Waals surface area contributed by atoms with Crippen LogP contribution in [0.3, 0.4) is 0 Å². The van der Waals surface area contributed by atoms with Crippen molar-refractivity contribution in [1.82, 2.24) is 4.98 Å². The molecule has 18 heavy (non-hydrogen) atoms. The third-order valence-corrected chi connectivity index (χ3v) is 2.73. The average molecular weight is 244 g/mol. The summed E-state index contributed by atoms with van der Waals surface area (Å²) >= 11 is 0. The molecule has 1 aromatic heterocycles. The Morgan fingerprint density at radius 3 is 2.83 bits per heavy atom. The highest BCUT2D eigenvalue weighted by atomic mass is 19.1. The topological polar surface area (TPSA) is 56.0 Å². The second-order valence-electron chi connectivity index (χ2n) is 4.03. The fraction of sp³-hybridized carbons (Fsp3) is 0.143. The van der Waals surface area contributed by atoms with Crippen LogP contribution in [0.5, 0.6) is 0 Å². The fourth-order valence-corrected chi connectivity index (χ4v) is 1.73. The summed E-state index contributed by atoms with van der Waals surface area (Å²) in [6.45, 7) is 2.04. The van der Waals surface area contributed by atoms with Crippen LogP contribution in [-0.2, 0) is 6.54 Å². The molecule has 0 atom stereocenters. The summed E-state index contributed by atoms with van der Waals surface area (Å²) in [5.74, 6) is -0.638. The molecule has 0 aliphatic carbocycles. The Labute approximate surface area is 104 Å². The molecule has 1 heterocycles. The van der Waals surface area contributed by atoms with Crippen LogP contribution in [0.25, 0.3) is 0 Å². The Morgan fingerprint density at radius 2 is 2.11 bits per heavy atom. The zero-order valence-electron chi connectivity index (χ0n) is 9.98. The lowest BCUT2D eigenvalue weighted by Gasteiger charge is -2.06. The van der Waals surface area contributed by atoms with E-state index in [9.17, 15) is 9.18 Å². The van der Waals surface area contributed by atoms with E-state index in [-0.39, 0.29) is 12.3 Å². The monoisotopic (exact) mass is 244 g/mol. The number of carbonyl (C=O) groups excluding carboxylic acids is 1. The number of halogens is 1. The number of aromatic nitrogens is 1. The molecule has 0 amide bonds. The highest BCUT2D eigenvalue weighted by Crippen LogP contribution is 2.15. The molecule has 0 fully saturated rings. The largest absolute Gasteiger partial charge is 0.325 e. The summed E-state index contributed by atoms with van der Waals surface area (Å²) in [6, 6.07) is 7.41. The van der Waals surface area contributed by atoms with Crippen molar-refractivity contribution in [2.75, 3.05) is 0 Å². The second kappa shape index (κ2) is 5.06. The number of hydrogen-bond donors (Lipinski definition) is 1. The lowest BCUT2D eigenvalue weighted by atomic mass is 9.99. The molecule has 4 heteroatoms. The van der Waals surface area contributed by atoms with Crippen LogP contribution in [0, 0.1) is 12.7 Å². The van der Waals surface area contributed by atoms with Crippen LogP contribution in [0.15, 0.2) is 36.5 Å². The molecule has 2 aromatic rings. The highest BCUT2D eigenvalue weighted by Gasteiger charge is 2.13. The third kappa shape index (κ3) is 2.43. The predicted octanol–water partition coefficient (Wildman–Crippen LogP) is 2.22. The van der Waals surface area contributed by atoms with Gasteiger partial charge in [-0.25, -0.2) is 4.39 Å². The van der Waals surface area contributed by atoms with Gasteiger partial charge >= 0.3 is 0 Å². The van der Waals surface area contributed by atoms with Crippen molar-refractivity contribution in [3.8, 4) is 0 Å². The third-order valence-electron chi connectivity index (χ3n) is 2.73. The molecule has 0 radical (unpaired) electrons. The first-order valence-corrected chi connectivity index (χ1v) is 5.57. The van der Waals surface area contributed by atoms with E-state index in [1.54, 1.807) is 25.1 Å². The SMILES string of the molecule is Cc1ccc(F)cc1C(=O)c1ccnc(CN)c1. The Kier molecular flexibility index (Phi) is 3.48. The molecule has 0 saturated carbocycles. The predicted molar refractivity (Wildman–Crippen MR) is 66.7 cm³/mol. The second-order valence-corrected chi connectivity index (χ2v) is 4.03. The van der Waals surface area contributed by atoms with E-state index in [0.717, 1.165) is 5.56 Å². The molecule has 0 aliphatic rings. The zero-order valence-corrected chi connectivity index (χ0v) is 9.98. The van der Waals surface area contributed by atoms with Crippen molar-refractivity contribution >= 4 is 5.78 Å². The lowest BCUT2D eigenvalue weighted by molar-refractivity contribution is 0.103. The number of carbonyl (C=O) groups is 1. The van der Waals surface area contributed by atoms with E-state index in [2.05, 4.69) is 4.98 Å². The van der Waals surface area contributed by atoms with Gasteiger partial charge in [-0.2, -0.15) is 0 Å². The van der Waals surface area contributed by atoms with Crippen molar-refractivity contribution in [2.45, 2.75) is 13.5 Å². The molecule has 92 valence electrons. The minimum atomic E-state index is -0.419. The van der Waals surface area contributed by atoms with E-state index in [0.29, 0.717) is 16.8 Å². The number of aryl methyl sites for hydroxylation is 1. The Balaban J connectivity index is 2.44. The number of rotatable bonds is 3. The van der Waals surface area contributed by atoms with Crippen LogP contribution >= 0.6 is 0 Å². The van der Waals surface area contributed by atoms with Gasteiger partial charge in [-0.05, 0) is 36.8 Å². The Morgan fingerprint density at radius 1 is 1.33 bits per heavy atom. The standard InChI is InChI=1S/C14H13FN2O/c1-9-2-3-11(15)7-13(9)14(18)10-4-5-17-12(6-10)8-16/h2-7H,8,16H2,1H3. The van der Waals surface area contributed by atoms with E-state index >= 15 is 0 Å². The maximum absolute atomic E-state index is 13.2. The van der Waals surface area contributed by atoms with Crippen molar-refractivity contribution < 1.29 is 9.18 Å². The Bertz CT molecular complexity index is 596. The van der Waals surface area contributed by atoms with E-state index < -0.39 is 5.82 Å². The van der Waals surface area contributed by atoms with Crippen molar-refractivity contribution in [3.05, 3.63) is 64.7 Å². The fourth-order valence-electron chi connectivity index (χ4n) is 1.73. The molecule has 0 aliphatic heterocycles. The van der Waals surface area contributed by atoms with Crippen molar-refractivity contribution in [3.63, 3.8) is 0 Å². The molecule has 0 spiro atoms. The summed E-state index contributed by atoms with van der Waals surface area (Å²) in [7, 11) is 0. The average Bonchev–Trinajstić information content (AvgIpc) is 2.41. The number of nitrogens with two attached hydrogens (primary N) is 1. The van der Waals surface area contributed by atoms with Crippen molar-refractivity contribution in [2.24, 2.45) is 5.73 Å². The minimum absolute atomic E-state index is 0.218. The summed E-state index contributed by atoms with van der Waals surface area (Å²) in [4.78, 5) is 16.3. The van der Waals surface area contributed by atoms with E-state index in [1.807, 2.05) is 0 Å². The first kappa shape index (κ1) is 12.4. The lowest BCUT2D eigenvalue weighted by Crippen LogP contribution is -2.07. The highest BCUT2D eigenvalue weighted by molar-refractivity contribution is 6.09. The van der Waals surface area contributed by atoms with Gasteiger partial charge in [-0.1, -0.05) is 6.07 Å². The van der Waals surface area contributed by atoms with Gasteiger partial charge < -0.3 is 5.73 Å².